The number of nitrogens with one attached hydrogen (secondary N) is 1. The summed E-state index contributed by atoms with van der Waals surface area (Å²) in [6.45, 7) is 8.35. The second-order valence-corrected chi connectivity index (χ2v) is 4.21. The van der Waals surface area contributed by atoms with Crippen LogP contribution in [0.3, 0.4) is 0 Å². The van der Waals surface area contributed by atoms with Crippen LogP contribution in [0, 0.1) is 6.92 Å². The smallest absolute Gasteiger partial charge is 0.137 e. The van der Waals surface area contributed by atoms with Crippen LogP contribution in [0.2, 0.25) is 0 Å². The van der Waals surface area contributed by atoms with Gasteiger partial charge in [-0.1, -0.05) is 44.2 Å². The predicted octanol–water partition coefficient (Wildman–Crippen LogP) is 3.58. The molecule has 0 bridgehead atoms. The second-order valence-electron chi connectivity index (χ2n) is 4.21. The number of rotatable bonds is 6. The normalized spacial score (nSPS) is 9.55. The van der Waals surface area contributed by atoms with Crippen LogP contribution < -0.4 is 10.1 Å². The molecule has 0 fully saturated rings. The predicted molar refractivity (Wildman–Crippen MR) is 84.0 cm³/mol. The Morgan fingerprint density at radius 1 is 1.10 bits per heavy atom. The van der Waals surface area contributed by atoms with Crippen molar-refractivity contribution in [3.8, 4) is 5.75 Å². The summed E-state index contributed by atoms with van der Waals surface area (Å²) in [6, 6.07) is 12.3. The fourth-order valence-corrected chi connectivity index (χ4v) is 1.68. The Morgan fingerprint density at radius 3 is 2.55 bits per heavy atom. The molecule has 1 aromatic carbocycles. The number of hydrogen-bond donors (Lipinski definition) is 1. The maximum absolute atomic E-state index is 5.60. The van der Waals surface area contributed by atoms with Crippen molar-refractivity contribution >= 4 is 0 Å². The molecule has 1 aromatic heterocycles. The van der Waals surface area contributed by atoms with Gasteiger partial charge in [0.15, 0.2) is 0 Å². The van der Waals surface area contributed by atoms with Crippen LogP contribution in [-0.2, 0) is 6.54 Å². The van der Waals surface area contributed by atoms with Gasteiger partial charge in [0.25, 0.3) is 0 Å². The molecule has 1 heterocycles. The molecule has 2 aromatic rings. The molecule has 20 heavy (non-hydrogen) atoms. The molecule has 108 valence electrons. The summed E-state index contributed by atoms with van der Waals surface area (Å²) in [5, 5.41) is 3.34. The first-order chi connectivity index (χ1) is 9.84. The van der Waals surface area contributed by atoms with Crippen molar-refractivity contribution in [2.75, 3.05) is 13.2 Å². The monoisotopic (exact) mass is 272 g/mol. The van der Waals surface area contributed by atoms with E-state index in [4.69, 9.17) is 4.74 Å². The minimum atomic E-state index is 0.651. The summed E-state index contributed by atoms with van der Waals surface area (Å²) in [5.74, 6) is 0.830. The van der Waals surface area contributed by atoms with E-state index in [1.54, 1.807) is 6.20 Å². The summed E-state index contributed by atoms with van der Waals surface area (Å²) in [6.07, 6.45) is 3.56. The van der Waals surface area contributed by atoms with Gasteiger partial charge in [-0.3, -0.25) is 4.98 Å². The lowest BCUT2D eigenvalue weighted by Gasteiger charge is -2.07. The molecule has 2 rings (SSSR count). The topological polar surface area (TPSA) is 34.1 Å². The quantitative estimate of drug-likeness (QED) is 0.816. The Kier molecular flexibility index (Phi) is 8.08. The number of pyridine rings is 1. The third-order valence-electron chi connectivity index (χ3n) is 2.57. The van der Waals surface area contributed by atoms with Gasteiger partial charge in [0.2, 0.25) is 0 Å². The van der Waals surface area contributed by atoms with E-state index in [9.17, 15) is 0 Å². The van der Waals surface area contributed by atoms with Gasteiger partial charge >= 0.3 is 0 Å². The first kappa shape index (κ1) is 16.2. The first-order valence-corrected chi connectivity index (χ1v) is 7.14. The highest BCUT2D eigenvalue weighted by Crippen LogP contribution is 2.09. The molecule has 0 saturated carbocycles. The Hall–Kier alpha value is -1.87. The molecule has 0 amide bonds. The average Bonchev–Trinajstić information content (AvgIpc) is 2.50. The highest BCUT2D eigenvalue weighted by atomic mass is 16.5. The van der Waals surface area contributed by atoms with Gasteiger partial charge in [-0.15, -0.1) is 0 Å². The van der Waals surface area contributed by atoms with Crippen molar-refractivity contribution in [2.24, 2.45) is 0 Å². The first-order valence-electron chi connectivity index (χ1n) is 7.14. The number of ether oxygens (including phenoxy) is 1. The summed E-state index contributed by atoms with van der Waals surface area (Å²) >= 11 is 0. The maximum Gasteiger partial charge on any atom is 0.137 e. The SMILES string of the molecule is CC.Cc1cncc(OCCNCc2ccccc2)c1. The molecule has 0 unspecified atom stereocenters. The molecular formula is C17H24N2O. The minimum absolute atomic E-state index is 0.651. The van der Waals surface area contributed by atoms with Gasteiger partial charge in [0.1, 0.15) is 12.4 Å². The van der Waals surface area contributed by atoms with Crippen LogP contribution in [0.4, 0.5) is 0 Å². The summed E-state index contributed by atoms with van der Waals surface area (Å²) < 4.78 is 5.60. The van der Waals surface area contributed by atoms with Crippen LogP contribution in [-0.4, -0.2) is 18.1 Å². The van der Waals surface area contributed by atoms with Gasteiger partial charge in [0, 0.05) is 19.3 Å². The van der Waals surface area contributed by atoms with E-state index in [-0.39, 0.29) is 0 Å². The number of nitrogens with zero attached hydrogens (tertiary/aromatic N) is 1. The Morgan fingerprint density at radius 2 is 1.85 bits per heavy atom. The Bertz CT molecular complexity index is 471. The summed E-state index contributed by atoms with van der Waals surface area (Å²) in [4.78, 5) is 4.09. The zero-order valence-electron chi connectivity index (χ0n) is 12.6. The van der Waals surface area contributed by atoms with E-state index in [1.165, 1.54) is 5.56 Å². The molecule has 0 radical (unpaired) electrons. The molecular weight excluding hydrogens is 248 g/mol. The van der Waals surface area contributed by atoms with Crippen LogP contribution in [0.15, 0.2) is 48.8 Å². The van der Waals surface area contributed by atoms with Gasteiger partial charge in [0.05, 0.1) is 6.20 Å². The third kappa shape index (κ3) is 6.34. The van der Waals surface area contributed by atoms with Crippen molar-refractivity contribution < 1.29 is 4.74 Å². The van der Waals surface area contributed by atoms with E-state index in [1.807, 2.05) is 51.2 Å². The maximum atomic E-state index is 5.60. The third-order valence-corrected chi connectivity index (χ3v) is 2.57. The highest BCUT2D eigenvalue weighted by molar-refractivity contribution is 5.22. The van der Waals surface area contributed by atoms with Crippen LogP contribution >= 0.6 is 0 Å². The molecule has 0 atom stereocenters. The highest BCUT2D eigenvalue weighted by Gasteiger charge is 1.95. The van der Waals surface area contributed by atoms with Gasteiger partial charge in [-0.05, 0) is 24.1 Å². The number of aryl methyl sites for hydroxylation is 1. The van der Waals surface area contributed by atoms with Crippen molar-refractivity contribution in [1.82, 2.24) is 10.3 Å². The molecule has 3 nitrogen and oxygen atoms in total. The number of benzene rings is 1. The van der Waals surface area contributed by atoms with Crippen molar-refractivity contribution in [3.05, 3.63) is 59.9 Å². The summed E-state index contributed by atoms with van der Waals surface area (Å²) in [5.41, 5.74) is 2.40. The van der Waals surface area contributed by atoms with Crippen LogP contribution in [0.1, 0.15) is 25.0 Å². The molecule has 3 heteroatoms. The number of hydrogen-bond acceptors (Lipinski definition) is 3. The lowest BCUT2D eigenvalue weighted by atomic mass is 10.2. The minimum Gasteiger partial charge on any atom is -0.491 e. The van der Waals surface area contributed by atoms with Gasteiger partial charge < -0.3 is 10.1 Å². The van der Waals surface area contributed by atoms with Gasteiger partial charge in [-0.25, -0.2) is 0 Å². The van der Waals surface area contributed by atoms with E-state index < -0.39 is 0 Å². The van der Waals surface area contributed by atoms with E-state index in [0.717, 1.165) is 24.4 Å². The number of aromatic nitrogens is 1. The average molecular weight is 272 g/mol. The molecule has 0 spiro atoms. The molecule has 0 aliphatic carbocycles. The van der Waals surface area contributed by atoms with Crippen molar-refractivity contribution in [2.45, 2.75) is 27.3 Å². The van der Waals surface area contributed by atoms with E-state index >= 15 is 0 Å². The van der Waals surface area contributed by atoms with Crippen molar-refractivity contribution in [3.63, 3.8) is 0 Å². The molecule has 0 saturated heterocycles. The zero-order valence-corrected chi connectivity index (χ0v) is 12.6. The standard InChI is InChI=1S/C15H18N2O.C2H6/c1-13-9-15(12-17-10-13)18-8-7-16-11-14-5-3-2-4-6-14;1-2/h2-6,9-10,12,16H,7-8,11H2,1H3;1-2H3. The van der Waals surface area contributed by atoms with Crippen molar-refractivity contribution in [1.29, 1.82) is 0 Å². The molecule has 1 N–H and O–H groups in total. The van der Waals surface area contributed by atoms with E-state index in [0.29, 0.717) is 6.61 Å². The van der Waals surface area contributed by atoms with Gasteiger partial charge in [-0.2, -0.15) is 0 Å². The zero-order chi connectivity index (χ0) is 14.6. The molecule has 0 aliphatic rings. The lowest BCUT2D eigenvalue weighted by Crippen LogP contribution is -2.20. The fraction of sp³-hybridized carbons (Fsp3) is 0.353. The molecule has 0 aliphatic heterocycles. The Balaban J connectivity index is 0.000000956. The lowest BCUT2D eigenvalue weighted by molar-refractivity contribution is 0.312. The van der Waals surface area contributed by atoms with Crippen LogP contribution in [0.5, 0.6) is 5.75 Å². The van der Waals surface area contributed by atoms with E-state index in [2.05, 4.69) is 22.4 Å². The van der Waals surface area contributed by atoms with Crippen LogP contribution in [0.25, 0.3) is 0 Å². The fourth-order valence-electron chi connectivity index (χ4n) is 1.68. The second kappa shape index (κ2) is 9.98. The Labute approximate surface area is 122 Å². The summed E-state index contributed by atoms with van der Waals surface area (Å²) in [7, 11) is 0. The largest absolute Gasteiger partial charge is 0.491 e.